The number of fused-ring (bicyclic) bond motifs is 2. The largest absolute Gasteiger partial charge is 0.336 e. The van der Waals surface area contributed by atoms with Crippen LogP contribution >= 0.6 is 15.9 Å². The topological polar surface area (TPSA) is 38.1 Å². The molecule has 2 aliphatic rings. The fourth-order valence-corrected chi connectivity index (χ4v) is 4.46. The molecule has 0 saturated carbocycles. The highest BCUT2D eigenvalue weighted by molar-refractivity contribution is 9.10. The van der Waals surface area contributed by atoms with Crippen molar-refractivity contribution in [3.8, 4) is 0 Å². The minimum absolute atomic E-state index is 0.161. The Morgan fingerprint density at radius 3 is 2.42 bits per heavy atom. The zero-order valence-corrected chi connectivity index (χ0v) is 14.8. The zero-order chi connectivity index (χ0) is 16.7. The first-order chi connectivity index (χ1) is 11.6. The molecule has 1 amide bonds. The molecule has 3 heterocycles. The normalized spacial score (nSPS) is 25.9. The van der Waals surface area contributed by atoms with Crippen LogP contribution in [0.4, 0.5) is 4.39 Å². The van der Waals surface area contributed by atoms with Crippen LogP contribution in [0.15, 0.2) is 41.1 Å². The molecule has 2 unspecified atom stereocenters. The van der Waals surface area contributed by atoms with E-state index in [9.17, 15) is 9.18 Å². The van der Waals surface area contributed by atoms with Crippen LogP contribution in [0.5, 0.6) is 0 Å². The third-order valence-corrected chi connectivity index (χ3v) is 5.62. The Bertz CT molecular complexity index is 731. The van der Waals surface area contributed by atoms with Crippen molar-refractivity contribution in [1.82, 2.24) is 14.7 Å². The molecule has 2 aromatic rings. The van der Waals surface area contributed by atoms with Gasteiger partial charge in [-0.25, -0.2) is 4.39 Å². The van der Waals surface area contributed by atoms with Gasteiger partial charge in [0.2, 0.25) is 5.91 Å². The number of benzene rings is 1. The molecule has 0 N–H and O–H groups in total. The summed E-state index contributed by atoms with van der Waals surface area (Å²) in [4.78, 5) is 14.8. The van der Waals surface area contributed by atoms with E-state index in [-0.39, 0.29) is 11.7 Å². The van der Waals surface area contributed by atoms with Crippen molar-refractivity contribution in [3.63, 3.8) is 0 Å². The van der Waals surface area contributed by atoms with E-state index in [0.29, 0.717) is 24.5 Å². The fourth-order valence-electron chi connectivity index (χ4n) is 4.15. The zero-order valence-electron chi connectivity index (χ0n) is 13.2. The maximum atomic E-state index is 13.0. The van der Waals surface area contributed by atoms with Crippen LogP contribution in [0.25, 0.3) is 0 Å². The molecule has 126 valence electrons. The smallest absolute Gasteiger partial charge is 0.227 e. The number of aromatic nitrogens is 2. The van der Waals surface area contributed by atoms with Gasteiger partial charge >= 0.3 is 0 Å². The quantitative estimate of drug-likeness (QED) is 0.799. The molecule has 24 heavy (non-hydrogen) atoms. The van der Waals surface area contributed by atoms with Gasteiger partial charge in [-0.15, -0.1) is 0 Å². The van der Waals surface area contributed by atoms with Crippen LogP contribution in [0, 0.1) is 5.82 Å². The molecular weight excluding hydrogens is 373 g/mol. The summed E-state index contributed by atoms with van der Waals surface area (Å²) >= 11 is 3.45. The van der Waals surface area contributed by atoms with Crippen molar-refractivity contribution >= 4 is 21.8 Å². The summed E-state index contributed by atoms with van der Waals surface area (Å²) in [7, 11) is 0. The first-order valence-corrected chi connectivity index (χ1v) is 9.15. The third kappa shape index (κ3) is 2.99. The van der Waals surface area contributed by atoms with Crippen molar-refractivity contribution in [2.75, 3.05) is 0 Å². The van der Waals surface area contributed by atoms with Crippen molar-refractivity contribution in [2.24, 2.45) is 0 Å². The lowest BCUT2D eigenvalue weighted by Crippen LogP contribution is -2.47. The predicted molar refractivity (Wildman–Crippen MR) is 92.0 cm³/mol. The van der Waals surface area contributed by atoms with Crippen LogP contribution in [0.2, 0.25) is 0 Å². The van der Waals surface area contributed by atoms with Gasteiger partial charge in [-0.3, -0.25) is 9.48 Å². The highest BCUT2D eigenvalue weighted by atomic mass is 79.9. The van der Waals surface area contributed by atoms with Gasteiger partial charge in [-0.2, -0.15) is 5.10 Å². The van der Waals surface area contributed by atoms with Crippen molar-refractivity contribution in [1.29, 1.82) is 0 Å². The van der Waals surface area contributed by atoms with E-state index in [0.717, 1.165) is 35.7 Å². The number of nitrogens with zero attached hydrogens (tertiary/aromatic N) is 3. The Balaban J connectivity index is 1.46. The Kier molecular flexibility index (Phi) is 4.16. The number of carbonyl (C=O) groups excluding carboxylic acids is 1. The van der Waals surface area contributed by atoms with E-state index in [4.69, 9.17) is 0 Å². The summed E-state index contributed by atoms with van der Waals surface area (Å²) in [6.45, 7) is 0. The van der Waals surface area contributed by atoms with E-state index in [1.54, 1.807) is 12.1 Å². The Hall–Kier alpha value is -1.69. The third-order valence-electron chi connectivity index (χ3n) is 5.21. The van der Waals surface area contributed by atoms with Crippen LogP contribution in [0.1, 0.15) is 37.3 Å². The maximum Gasteiger partial charge on any atom is 0.227 e. The van der Waals surface area contributed by atoms with Gasteiger partial charge in [0.1, 0.15) is 5.82 Å². The van der Waals surface area contributed by atoms with Crippen molar-refractivity contribution in [3.05, 3.63) is 52.5 Å². The standard InChI is InChI=1S/C18H19BrFN3O/c19-13-10-21-22(11-13)17-8-15-5-6-16(9-17)23(15)18(24)7-12-1-3-14(20)4-2-12/h1-4,10-11,15-17H,5-9H2. The lowest BCUT2D eigenvalue weighted by Gasteiger charge is -2.39. The van der Waals surface area contributed by atoms with Crippen LogP contribution in [0.3, 0.4) is 0 Å². The van der Waals surface area contributed by atoms with Gasteiger partial charge in [0, 0.05) is 18.3 Å². The molecule has 2 aliphatic heterocycles. The number of rotatable bonds is 3. The monoisotopic (exact) mass is 391 g/mol. The van der Waals surface area contributed by atoms with E-state index < -0.39 is 0 Å². The summed E-state index contributed by atoms with van der Waals surface area (Å²) < 4.78 is 16.0. The van der Waals surface area contributed by atoms with Crippen LogP contribution in [-0.2, 0) is 11.2 Å². The molecule has 1 aromatic heterocycles. The summed E-state index contributed by atoms with van der Waals surface area (Å²) in [5.74, 6) is -0.105. The second kappa shape index (κ2) is 6.31. The van der Waals surface area contributed by atoms with Gasteiger partial charge < -0.3 is 4.90 Å². The maximum absolute atomic E-state index is 13.0. The second-order valence-corrected chi connectivity index (χ2v) is 7.67. The molecular formula is C18H19BrFN3O. The molecule has 2 atom stereocenters. The number of hydrogen-bond donors (Lipinski definition) is 0. The number of amides is 1. The number of carbonyl (C=O) groups is 1. The molecule has 2 saturated heterocycles. The van der Waals surface area contributed by atoms with E-state index in [1.807, 2.05) is 17.1 Å². The van der Waals surface area contributed by atoms with Gasteiger partial charge in [0.05, 0.1) is 23.1 Å². The Labute approximate surface area is 148 Å². The summed E-state index contributed by atoms with van der Waals surface area (Å²) in [6.07, 6.45) is 8.23. The highest BCUT2D eigenvalue weighted by Crippen LogP contribution is 2.41. The minimum atomic E-state index is -0.266. The lowest BCUT2D eigenvalue weighted by atomic mass is 9.96. The average molecular weight is 392 g/mol. The first-order valence-electron chi connectivity index (χ1n) is 8.35. The van der Waals surface area contributed by atoms with E-state index in [1.165, 1.54) is 12.1 Å². The highest BCUT2D eigenvalue weighted by Gasteiger charge is 2.43. The molecule has 0 radical (unpaired) electrons. The Morgan fingerprint density at radius 1 is 1.17 bits per heavy atom. The molecule has 4 rings (SSSR count). The molecule has 1 aromatic carbocycles. The molecule has 4 nitrogen and oxygen atoms in total. The second-order valence-electron chi connectivity index (χ2n) is 6.75. The molecule has 6 heteroatoms. The lowest BCUT2D eigenvalue weighted by molar-refractivity contribution is -0.135. The SMILES string of the molecule is O=C(Cc1ccc(F)cc1)N1C2CCC1CC(n1cc(Br)cn1)C2. The number of hydrogen-bond acceptors (Lipinski definition) is 2. The molecule has 2 fully saturated rings. The van der Waals surface area contributed by atoms with Gasteiger partial charge in [-0.1, -0.05) is 12.1 Å². The van der Waals surface area contributed by atoms with Gasteiger partial charge in [0.15, 0.2) is 0 Å². The first kappa shape index (κ1) is 15.8. The van der Waals surface area contributed by atoms with Gasteiger partial charge in [-0.05, 0) is 59.3 Å². The minimum Gasteiger partial charge on any atom is -0.336 e. The number of piperidine rings is 1. The molecule has 0 spiro atoms. The predicted octanol–water partition coefficient (Wildman–Crippen LogP) is 3.72. The van der Waals surface area contributed by atoms with E-state index >= 15 is 0 Å². The summed E-state index contributed by atoms with van der Waals surface area (Å²) in [5, 5.41) is 4.41. The van der Waals surface area contributed by atoms with E-state index in [2.05, 4.69) is 25.9 Å². The van der Waals surface area contributed by atoms with Crippen molar-refractivity contribution < 1.29 is 9.18 Å². The number of halogens is 2. The van der Waals surface area contributed by atoms with Gasteiger partial charge in [0.25, 0.3) is 0 Å². The average Bonchev–Trinajstić information content (AvgIpc) is 3.11. The van der Waals surface area contributed by atoms with Crippen molar-refractivity contribution in [2.45, 2.75) is 50.2 Å². The summed E-state index contributed by atoms with van der Waals surface area (Å²) in [6, 6.07) is 7.18. The van der Waals surface area contributed by atoms with Crippen LogP contribution < -0.4 is 0 Å². The summed E-state index contributed by atoms with van der Waals surface area (Å²) in [5.41, 5.74) is 0.874. The Morgan fingerprint density at radius 2 is 1.83 bits per heavy atom. The molecule has 2 bridgehead atoms. The van der Waals surface area contributed by atoms with Crippen LogP contribution in [-0.4, -0.2) is 32.7 Å². The molecule has 0 aliphatic carbocycles. The fraction of sp³-hybridized carbons (Fsp3) is 0.444.